The van der Waals surface area contributed by atoms with E-state index in [9.17, 15) is 14.4 Å². The Labute approximate surface area is 211 Å². The number of rotatable bonds is 6. The Hall–Kier alpha value is -1.59. The van der Waals surface area contributed by atoms with Crippen LogP contribution in [0.2, 0.25) is 0 Å². The highest BCUT2D eigenvalue weighted by atomic mass is 16.5. The maximum atomic E-state index is 12.3. The molecule has 0 amide bonds. The number of carbonyl (C=O) groups is 3. The number of fused-ring (bicyclic) bond motifs is 5. The second kappa shape index (κ2) is 10.0. The van der Waals surface area contributed by atoms with Gasteiger partial charge in [-0.3, -0.25) is 14.4 Å². The van der Waals surface area contributed by atoms with Crippen LogP contribution in [0.5, 0.6) is 0 Å². The van der Waals surface area contributed by atoms with Crippen molar-refractivity contribution >= 4 is 17.9 Å². The molecule has 0 bridgehead atoms. The maximum absolute atomic E-state index is 12.3. The number of carbonyl (C=O) groups excluding carboxylic acids is 3. The summed E-state index contributed by atoms with van der Waals surface area (Å²) < 4.78 is 16.7. The second-order valence-corrected chi connectivity index (χ2v) is 12.6. The van der Waals surface area contributed by atoms with Crippen LogP contribution in [-0.4, -0.2) is 37.2 Å². The van der Waals surface area contributed by atoms with E-state index >= 15 is 0 Å². The predicted molar refractivity (Wildman–Crippen MR) is 132 cm³/mol. The van der Waals surface area contributed by atoms with Crippen LogP contribution in [0.25, 0.3) is 0 Å². The summed E-state index contributed by atoms with van der Waals surface area (Å²) in [5.74, 6) is 2.60. The summed E-state index contributed by atoms with van der Waals surface area (Å²) in [6, 6.07) is 0. The number of hydrogen-bond acceptors (Lipinski definition) is 6. The molecule has 0 heterocycles. The van der Waals surface area contributed by atoms with Crippen LogP contribution in [0.3, 0.4) is 0 Å². The lowest BCUT2D eigenvalue weighted by Crippen LogP contribution is -2.59. The van der Waals surface area contributed by atoms with Crippen molar-refractivity contribution in [2.75, 3.05) is 7.11 Å². The van der Waals surface area contributed by atoms with Crippen molar-refractivity contribution in [3.63, 3.8) is 0 Å². The van der Waals surface area contributed by atoms with Crippen molar-refractivity contribution in [1.29, 1.82) is 0 Å². The average Bonchev–Trinajstić information content (AvgIpc) is 3.16. The quantitative estimate of drug-likeness (QED) is 0.351. The maximum Gasteiger partial charge on any atom is 0.305 e. The van der Waals surface area contributed by atoms with Crippen LogP contribution in [-0.2, 0) is 28.6 Å². The minimum absolute atomic E-state index is 0.0479. The normalized spacial score (nSPS) is 43.2. The van der Waals surface area contributed by atoms with Gasteiger partial charge in [-0.25, -0.2) is 0 Å². The molecule has 0 aliphatic heterocycles. The number of esters is 3. The molecule has 4 aliphatic carbocycles. The van der Waals surface area contributed by atoms with Crippen molar-refractivity contribution in [3.8, 4) is 0 Å². The van der Waals surface area contributed by atoms with Crippen LogP contribution < -0.4 is 0 Å². The smallest absolute Gasteiger partial charge is 0.305 e. The first-order chi connectivity index (χ1) is 16.5. The zero-order valence-electron chi connectivity index (χ0n) is 22.6. The zero-order chi connectivity index (χ0) is 25.5. The Morgan fingerprint density at radius 2 is 1.63 bits per heavy atom. The molecular weight excluding hydrogens is 444 g/mol. The van der Waals surface area contributed by atoms with Gasteiger partial charge in [0.15, 0.2) is 0 Å². The highest BCUT2D eigenvalue weighted by molar-refractivity contribution is 5.69. The van der Waals surface area contributed by atoms with Crippen molar-refractivity contribution in [3.05, 3.63) is 0 Å². The summed E-state index contributed by atoms with van der Waals surface area (Å²) in [6.45, 7) is 10.2. The first-order valence-electron chi connectivity index (χ1n) is 13.9. The zero-order valence-corrected chi connectivity index (χ0v) is 22.6. The topological polar surface area (TPSA) is 78.9 Å². The SMILES string of the molecule is COC(=O)CC[C@@H](C)[C@H]1CC[C@H]2[C@@H]3CC[C@H]4C[C@@H](OC(C)=O)CC[C@]4(C)[C@H]3C[C@H](OC(C)=O)[C@]12C. The van der Waals surface area contributed by atoms with Gasteiger partial charge in [0.1, 0.15) is 12.2 Å². The van der Waals surface area contributed by atoms with Crippen LogP contribution in [0.4, 0.5) is 0 Å². The van der Waals surface area contributed by atoms with Gasteiger partial charge in [-0.15, -0.1) is 0 Å². The molecule has 0 unspecified atom stereocenters. The standard InChI is InChI=1S/C29H46O6/c1-17(7-12-27(32)33-6)23-10-11-24-22-9-8-20-15-21(34-18(2)30)13-14-28(20,4)25(22)16-26(29(23,24)5)35-19(3)31/h17,20-26H,7-16H2,1-6H3/t17-,20+,21+,22+,23-,24+,25+,26+,28+,29-/m1/s1. The van der Waals surface area contributed by atoms with E-state index in [1.165, 1.54) is 33.3 Å². The lowest BCUT2D eigenvalue weighted by Gasteiger charge is -2.62. The highest BCUT2D eigenvalue weighted by Crippen LogP contribution is 2.69. The monoisotopic (exact) mass is 490 g/mol. The number of methoxy groups -OCH3 is 1. The van der Waals surface area contributed by atoms with Crippen LogP contribution in [0.15, 0.2) is 0 Å². The van der Waals surface area contributed by atoms with E-state index in [2.05, 4.69) is 20.8 Å². The summed E-state index contributed by atoms with van der Waals surface area (Å²) >= 11 is 0. The van der Waals surface area contributed by atoms with E-state index in [-0.39, 0.29) is 40.9 Å². The Morgan fingerprint density at radius 3 is 2.29 bits per heavy atom. The molecule has 4 aliphatic rings. The third kappa shape index (κ3) is 4.75. The summed E-state index contributed by atoms with van der Waals surface area (Å²) in [6.07, 6.45) is 9.87. The molecular formula is C29H46O6. The minimum atomic E-state index is -0.183. The van der Waals surface area contributed by atoms with Crippen LogP contribution >= 0.6 is 0 Å². The Kier molecular flexibility index (Phi) is 7.60. The van der Waals surface area contributed by atoms with E-state index < -0.39 is 0 Å². The van der Waals surface area contributed by atoms with Gasteiger partial charge in [0.2, 0.25) is 0 Å². The van der Waals surface area contributed by atoms with E-state index in [0.29, 0.717) is 41.9 Å². The van der Waals surface area contributed by atoms with Gasteiger partial charge in [0, 0.05) is 25.7 Å². The molecule has 6 nitrogen and oxygen atoms in total. The summed E-state index contributed by atoms with van der Waals surface area (Å²) in [7, 11) is 1.45. The second-order valence-electron chi connectivity index (χ2n) is 12.6. The fourth-order valence-electron chi connectivity index (χ4n) is 9.48. The number of ether oxygens (including phenoxy) is 3. The molecule has 0 radical (unpaired) electrons. The summed E-state index contributed by atoms with van der Waals surface area (Å²) in [5, 5.41) is 0. The lowest BCUT2D eigenvalue weighted by atomic mass is 9.43. The molecule has 0 spiro atoms. The van der Waals surface area contributed by atoms with E-state index in [1.807, 2.05) is 0 Å². The Balaban J connectivity index is 1.58. The molecule has 35 heavy (non-hydrogen) atoms. The Bertz CT molecular complexity index is 824. The molecule has 4 saturated carbocycles. The minimum Gasteiger partial charge on any atom is -0.469 e. The number of hydrogen-bond donors (Lipinski definition) is 0. The van der Waals surface area contributed by atoms with E-state index in [1.54, 1.807) is 6.92 Å². The van der Waals surface area contributed by atoms with Gasteiger partial charge in [-0.05, 0) is 98.7 Å². The molecule has 0 aromatic rings. The molecule has 198 valence electrons. The first-order valence-corrected chi connectivity index (χ1v) is 13.9. The molecule has 4 fully saturated rings. The summed E-state index contributed by atoms with van der Waals surface area (Å²) in [5.41, 5.74) is 0.147. The van der Waals surface area contributed by atoms with Crippen molar-refractivity contribution in [1.82, 2.24) is 0 Å². The van der Waals surface area contributed by atoms with E-state index in [0.717, 1.165) is 38.5 Å². The molecule has 0 saturated heterocycles. The van der Waals surface area contributed by atoms with Crippen molar-refractivity contribution < 1.29 is 28.6 Å². The first kappa shape index (κ1) is 26.5. The fourth-order valence-corrected chi connectivity index (χ4v) is 9.48. The third-order valence-electron chi connectivity index (χ3n) is 11.1. The molecule has 0 N–H and O–H groups in total. The van der Waals surface area contributed by atoms with Gasteiger partial charge < -0.3 is 14.2 Å². The fraction of sp³-hybridized carbons (Fsp3) is 0.897. The predicted octanol–water partition coefficient (Wildman–Crippen LogP) is 5.71. The van der Waals surface area contributed by atoms with E-state index in [4.69, 9.17) is 14.2 Å². The van der Waals surface area contributed by atoms with Crippen molar-refractivity contribution in [2.45, 2.75) is 111 Å². The largest absolute Gasteiger partial charge is 0.469 e. The van der Waals surface area contributed by atoms with Gasteiger partial charge in [0.05, 0.1) is 7.11 Å². The van der Waals surface area contributed by atoms with Gasteiger partial charge >= 0.3 is 17.9 Å². The van der Waals surface area contributed by atoms with Gasteiger partial charge in [-0.2, -0.15) is 0 Å². The lowest BCUT2D eigenvalue weighted by molar-refractivity contribution is -0.197. The molecule has 0 aromatic carbocycles. The molecule has 4 rings (SSSR count). The molecule has 0 aromatic heterocycles. The van der Waals surface area contributed by atoms with Gasteiger partial charge in [0.25, 0.3) is 0 Å². The van der Waals surface area contributed by atoms with Gasteiger partial charge in [-0.1, -0.05) is 20.8 Å². The third-order valence-corrected chi connectivity index (χ3v) is 11.1. The van der Waals surface area contributed by atoms with Crippen LogP contribution in [0.1, 0.15) is 98.8 Å². The van der Waals surface area contributed by atoms with Crippen LogP contribution in [0, 0.1) is 46.3 Å². The Morgan fingerprint density at radius 1 is 0.914 bits per heavy atom. The molecule has 6 heteroatoms. The molecule has 10 atom stereocenters. The average molecular weight is 491 g/mol. The van der Waals surface area contributed by atoms with Crippen molar-refractivity contribution in [2.24, 2.45) is 46.3 Å². The highest BCUT2D eigenvalue weighted by Gasteiger charge is 2.65. The summed E-state index contributed by atoms with van der Waals surface area (Å²) in [4.78, 5) is 35.7.